The first-order valence-electron chi connectivity index (χ1n) is 4.45. The lowest BCUT2D eigenvalue weighted by Gasteiger charge is -2.17. The molecule has 15 heavy (non-hydrogen) atoms. The molecule has 0 amide bonds. The lowest BCUT2D eigenvalue weighted by Crippen LogP contribution is -2.40. The average molecular weight is 243 g/mol. The van der Waals surface area contributed by atoms with E-state index in [4.69, 9.17) is 15.9 Å². The molecule has 2 atom stereocenters. The summed E-state index contributed by atoms with van der Waals surface area (Å²) in [7, 11) is -3.88. The number of aliphatic hydroxyl groups excluding tert-OH is 3. The Bertz CT molecular complexity index is 254. The minimum absolute atomic E-state index is 0.108. The summed E-state index contributed by atoms with van der Waals surface area (Å²) >= 11 is 0. The topological polar surface area (TPSA) is 130 Å². The highest BCUT2D eigenvalue weighted by molar-refractivity contribution is 7.86. The maximum Gasteiger partial charge on any atom is 0.270 e. The molecule has 0 saturated heterocycles. The van der Waals surface area contributed by atoms with Gasteiger partial charge in [-0.05, 0) is 6.42 Å². The van der Waals surface area contributed by atoms with Crippen LogP contribution in [0.3, 0.4) is 0 Å². The summed E-state index contributed by atoms with van der Waals surface area (Å²) in [5, 5.41) is 26.2. The first kappa shape index (κ1) is 14.8. The lowest BCUT2D eigenvalue weighted by atomic mass is 10.1. The molecule has 0 spiro atoms. The monoisotopic (exact) mass is 243 g/mol. The van der Waals surface area contributed by atoms with E-state index >= 15 is 0 Å². The van der Waals surface area contributed by atoms with Crippen LogP contribution in [-0.4, -0.2) is 61.5 Å². The fourth-order valence-corrected chi connectivity index (χ4v) is 1.98. The van der Waals surface area contributed by atoms with Gasteiger partial charge in [0.2, 0.25) is 0 Å². The fourth-order valence-electron chi connectivity index (χ4n) is 0.887. The van der Waals surface area contributed by atoms with Crippen LogP contribution >= 0.6 is 0 Å². The standard InChI is InChI=1S/C7H17NO6S/c8-6(1-2-9)7(11)5-15(12,13)14-4-3-10/h6-7,9-11H,1-5,8H2. The predicted molar refractivity (Wildman–Crippen MR) is 52.5 cm³/mol. The van der Waals surface area contributed by atoms with Crippen molar-refractivity contribution in [3.8, 4) is 0 Å². The van der Waals surface area contributed by atoms with Crippen molar-refractivity contribution in [2.45, 2.75) is 18.6 Å². The Morgan fingerprint density at radius 1 is 1.27 bits per heavy atom. The van der Waals surface area contributed by atoms with Crippen molar-refractivity contribution in [2.24, 2.45) is 5.73 Å². The van der Waals surface area contributed by atoms with E-state index in [0.29, 0.717) is 0 Å². The van der Waals surface area contributed by atoms with Gasteiger partial charge in [-0.2, -0.15) is 8.42 Å². The number of nitrogens with two attached hydrogens (primary N) is 1. The second-order valence-corrected chi connectivity index (χ2v) is 4.70. The zero-order valence-electron chi connectivity index (χ0n) is 8.24. The van der Waals surface area contributed by atoms with Gasteiger partial charge in [0.05, 0.1) is 19.3 Å². The molecule has 0 aromatic carbocycles. The first-order valence-corrected chi connectivity index (χ1v) is 6.03. The van der Waals surface area contributed by atoms with Crippen LogP contribution < -0.4 is 5.73 Å². The third-order valence-electron chi connectivity index (χ3n) is 1.69. The smallest absolute Gasteiger partial charge is 0.270 e. The molecule has 5 N–H and O–H groups in total. The quantitative estimate of drug-likeness (QED) is 0.344. The molecule has 0 aliphatic carbocycles. The highest BCUT2D eigenvalue weighted by Gasteiger charge is 2.22. The van der Waals surface area contributed by atoms with Gasteiger partial charge in [0, 0.05) is 12.6 Å². The predicted octanol–water partition coefficient (Wildman–Crippen LogP) is -2.60. The Kier molecular flexibility index (Phi) is 6.98. The van der Waals surface area contributed by atoms with Gasteiger partial charge in [-0.15, -0.1) is 0 Å². The van der Waals surface area contributed by atoms with Crippen LogP contribution in [0.25, 0.3) is 0 Å². The molecule has 92 valence electrons. The van der Waals surface area contributed by atoms with Crippen LogP contribution in [0.5, 0.6) is 0 Å². The Labute approximate surface area is 88.6 Å². The van der Waals surface area contributed by atoms with E-state index in [-0.39, 0.29) is 19.6 Å². The molecular formula is C7H17NO6S. The molecule has 0 radical (unpaired) electrons. The van der Waals surface area contributed by atoms with Gasteiger partial charge in [-0.1, -0.05) is 0 Å². The second-order valence-electron chi connectivity index (χ2n) is 3.01. The molecule has 0 fully saturated rings. The Balaban J connectivity index is 4.09. The van der Waals surface area contributed by atoms with Gasteiger partial charge in [-0.3, -0.25) is 4.18 Å². The van der Waals surface area contributed by atoms with E-state index in [0.717, 1.165) is 0 Å². The van der Waals surface area contributed by atoms with E-state index in [1.807, 2.05) is 0 Å². The normalized spacial score (nSPS) is 16.3. The molecule has 0 bridgehead atoms. The zero-order chi connectivity index (χ0) is 11.9. The molecule has 0 aliphatic heterocycles. The molecule has 0 rings (SSSR count). The molecule has 8 heteroatoms. The van der Waals surface area contributed by atoms with Crippen molar-refractivity contribution < 1.29 is 27.9 Å². The van der Waals surface area contributed by atoms with Gasteiger partial charge in [0.25, 0.3) is 10.1 Å². The maximum atomic E-state index is 11.1. The Hall–Kier alpha value is -0.250. The Morgan fingerprint density at radius 3 is 2.33 bits per heavy atom. The third-order valence-corrected chi connectivity index (χ3v) is 2.96. The second kappa shape index (κ2) is 7.09. The highest BCUT2D eigenvalue weighted by atomic mass is 32.2. The minimum Gasteiger partial charge on any atom is -0.396 e. The summed E-state index contributed by atoms with van der Waals surface area (Å²) in [6.45, 7) is -0.988. The number of hydrogen-bond acceptors (Lipinski definition) is 7. The van der Waals surface area contributed by atoms with Gasteiger partial charge in [0.1, 0.15) is 5.75 Å². The summed E-state index contributed by atoms with van der Waals surface area (Å²) in [5.41, 5.74) is 5.38. The van der Waals surface area contributed by atoms with Crippen molar-refractivity contribution in [1.82, 2.24) is 0 Å². The number of hydrogen-bond donors (Lipinski definition) is 4. The van der Waals surface area contributed by atoms with Crippen molar-refractivity contribution >= 4 is 10.1 Å². The molecular weight excluding hydrogens is 226 g/mol. The van der Waals surface area contributed by atoms with Crippen LogP contribution in [-0.2, 0) is 14.3 Å². The number of rotatable bonds is 8. The molecule has 0 saturated carbocycles. The van der Waals surface area contributed by atoms with E-state index in [1.165, 1.54) is 0 Å². The van der Waals surface area contributed by atoms with E-state index in [1.54, 1.807) is 0 Å². The molecule has 0 aromatic heterocycles. The highest BCUT2D eigenvalue weighted by Crippen LogP contribution is 2.02. The summed E-state index contributed by atoms with van der Waals surface area (Å²) in [6.07, 6.45) is -1.18. The summed E-state index contributed by atoms with van der Waals surface area (Å²) in [5.74, 6) is -0.645. The van der Waals surface area contributed by atoms with Gasteiger partial charge in [-0.25, -0.2) is 0 Å². The minimum atomic E-state index is -3.88. The average Bonchev–Trinajstić information content (AvgIpc) is 2.14. The van der Waals surface area contributed by atoms with Crippen LogP contribution in [0.4, 0.5) is 0 Å². The van der Waals surface area contributed by atoms with E-state index in [2.05, 4.69) is 4.18 Å². The lowest BCUT2D eigenvalue weighted by molar-refractivity contribution is 0.141. The van der Waals surface area contributed by atoms with E-state index in [9.17, 15) is 13.5 Å². The summed E-state index contributed by atoms with van der Waals surface area (Å²) in [4.78, 5) is 0. The third kappa shape index (κ3) is 6.77. The van der Waals surface area contributed by atoms with E-state index < -0.39 is 34.6 Å². The van der Waals surface area contributed by atoms with Crippen molar-refractivity contribution in [1.29, 1.82) is 0 Å². The van der Waals surface area contributed by atoms with Crippen molar-refractivity contribution in [3.05, 3.63) is 0 Å². The molecule has 0 aliphatic rings. The maximum absolute atomic E-state index is 11.1. The fraction of sp³-hybridized carbons (Fsp3) is 1.00. The van der Waals surface area contributed by atoms with Gasteiger partial charge in [0.15, 0.2) is 0 Å². The zero-order valence-corrected chi connectivity index (χ0v) is 9.06. The molecule has 7 nitrogen and oxygen atoms in total. The Morgan fingerprint density at radius 2 is 1.87 bits per heavy atom. The van der Waals surface area contributed by atoms with Crippen LogP contribution in [0.15, 0.2) is 0 Å². The van der Waals surface area contributed by atoms with Gasteiger partial charge < -0.3 is 21.1 Å². The van der Waals surface area contributed by atoms with Crippen LogP contribution in [0, 0.1) is 0 Å². The van der Waals surface area contributed by atoms with Crippen molar-refractivity contribution in [2.75, 3.05) is 25.6 Å². The van der Waals surface area contributed by atoms with Gasteiger partial charge >= 0.3 is 0 Å². The first-order chi connectivity index (χ1) is 6.93. The summed E-state index contributed by atoms with van der Waals surface area (Å²) < 4.78 is 26.5. The molecule has 0 aromatic rings. The molecule has 0 heterocycles. The molecule has 2 unspecified atom stereocenters. The van der Waals surface area contributed by atoms with Crippen LogP contribution in [0.1, 0.15) is 6.42 Å². The summed E-state index contributed by atoms with van der Waals surface area (Å²) in [6, 6.07) is -0.817. The number of aliphatic hydroxyl groups is 3. The van der Waals surface area contributed by atoms with Crippen LogP contribution in [0.2, 0.25) is 0 Å². The van der Waals surface area contributed by atoms with Crippen molar-refractivity contribution in [3.63, 3.8) is 0 Å². The largest absolute Gasteiger partial charge is 0.396 e. The SMILES string of the molecule is NC(CCO)C(O)CS(=O)(=O)OCCO.